The quantitative estimate of drug-likeness (QED) is 0.303. The van der Waals surface area contributed by atoms with Gasteiger partial charge in [-0.15, -0.1) is 0 Å². The molecule has 0 spiro atoms. The first-order valence-corrected chi connectivity index (χ1v) is 9.10. The van der Waals surface area contributed by atoms with Gasteiger partial charge in [0, 0.05) is 13.0 Å². The second-order valence-corrected chi connectivity index (χ2v) is 6.17. The van der Waals surface area contributed by atoms with Crippen LogP contribution < -0.4 is 0 Å². The van der Waals surface area contributed by atoms with Crippen LogP contribution >= 0.6 is 0 Å². The van der Waals surface area contributed by atoms with Crippen LogP contribution in [0, 0.1) is 0 Å². The summed E-state index contributed by atoms with van der Waals surface area (Å²) in [7, 11) is 0. The zero-order chi connectivity index (χ0) is 15.6. The summed E-state index contributed by atoms with van der Waals surface area (Å²) < 4.78 is 0. The number of rotatable bonds is 17. The Morgan fingerprint density at radius 1 is 0.545 bits per heavy atom. The van der Waals surface area contributed by atoms with Gasteiger partial charge in [-0.3, -0.25) is 4.79 Å². The van der Waals surface area contributed by atoms with Crippen LogP contribution in [-0.2, 0) is 4.79 Å². The van der Waals surface area contributed by atoms with Crippen molar-refractivity contribution in [3.05, 3.63) is 0 Å². The van der Waals surface area contributed by atoms with Crippen molar-refractivity contribution in [3.63, 3.8) is 0 Å². The summed E-state index contributed by atoms with van der Waals surface area (Å²) in [6, 6.07) is 0. The van der Waals surface area contributed by atoms with E-state index < -0.39 is 5.97 Å². The Kier molecular flexibility index (Phi) is 23.2. The van der Waals surface area contributed by atoms with Crippen molar-refractivity contribution in [1.82, 2.24) is 0 Å². The van der Waals surface area contributed by atoms with E-state index in [9.17, 15) is 4.79 Å². The third kappa shape index (κ3) is 22.3. The van der Waals surface area contributed by atoms with Crippen LogP contribution in [0.1, 0.15) is 103 Å². The average Bonchev–Trinajstić information content (AvgIpc) is 2.46. The summed E-state index contributed by atoms with van der Waals surface area (Å²) in [5.74, 6) is -0.664. The molecule has 0 saturated heterocycles. The van der Waals surface area contributed by atoms with Gasteiger partial charge in [0.1, 0.15) is 0 Å². The van der Waals surface area contributed by atoms with Crippen LogP contribution in [0.4, 0.5) is 0 Å². The summed E-state index contributed by atoms with van der Waals surface area (Å²) in [6.45, 7) is 0.347. The molecular formula is C18H37LiO3. The molecule has 0 unspecified atom stereocenters. The Hall–Kier alpha value is 0.0274. The fourth-order valence-electron chi connectivity index (χ4n) is 2.69. The van der Waals surface area contributed by atoms with Crippen molar-refractivity contribution >= 4 is 24.8 Å². The number of hydrogen-bond acceptors (Lipinski definition) is 2. The molecule has 0 saturated carbocycles. The zero-order valence-electron chi connectivity index (χ0n) is 13.8. The number of carbonyl (C=O) groups is 1. The third-order valence-corrected chi connectivity index (χ3v) is 4.05. The topological polar surface area (TPSA) is 57.5 Å². The van der Waals surface area contributed by atoms with Crippen molar-refractivity contribution in [2.75, 3.05) is 6.61 Å². The number of aliphatic hydroxyl groups is 1. The number of carboxylic acids is 1. The number of aliphatic hydroxyl groups excluding tert-OH is 1. The summed E-state index contributed by atoms with van der Waals surface area (Å²) in [5, 5.41) is 17.2. The molecule has 0 atom stereocenters. The second kappa shape index (κ2) is 21.0. The molecule has 0 aliphatic rings. The van der Waals surface area contributed by atoms with Gasteiger partial charge in [0.05, 0.1) is 0 Å². The molecule has 0 aromatic rings. The molecule has 0 aliphatic heterocycles. The van der Waals surface area contributed by atoms with Crippen LogP contribution in [0.15, 0.2) is 0 Å². The molecule has 128 valence electrons. The average molecular weight is 308 g/mol. The van der Waals surface area contributed by atoms with Crippen molar-refractivity contribution < 1.29 is 15.0 Å². The van der Waals surface area contributed by atoms with Crippen molar-refractivity contribution in [2.24, 2.45) is 0 Å². The number of aliphatic carboxylic acids is 1. The number of carboxylic acid groups (broad SMARTS) is 1. The Bertz CT molecular complexity index is 222. The molecule has 0 bridgehead atoms. The van der Waals surface area contributed by atoms with E-state index in [-0.39, 0.29) is 18.9 Å². The van der Waals surface area contributed by atoms with Crippen LogP contribution in [0.3, 0.4) is 0 Å². The third-order valence-electron chi connectivity index (χ3n) is 4.05. The van der Waals surface area contributed by atoms with E-state index in [2.05, 4.69) is 0 Å². The summed E-state index contributed by atoms with van der Waals surface area (Å²) in [5.41, 5.74) is 0. The van der Waals surface area contributed by atoms with E-state index in [4.69, 9.17) is 10.2 Å². The molecule has 0 aromatic carbocycles. The van der Waals surface area contributed by atoms with E-state index in [1.165, 1.54) is 77.0 Å². The van der Waals surface area contributed by atoms with Gasteiger partial charge >= 0.3 is 24.8 Å². The van der Waals surface area contributed by atoms with E-state index >= 15 is 0 Å². The molecule has 3 nitrogen and oxygen atoms in total. The molecule has 4 heteroatoms. The van der Waals surface area contributed by atoms with Gasteiger partial charge in [0.25, 0.3) is 0 Å². The number of unbranched alkanes of at least 4 members (excludes halogenated alkanes) is 14. The van der Waals surface area contributed by atoms with Gasteiger partial charge in [-0.1, -0.05) is 83.5 Å². The van der Waals surface area contributed by atoms with Crippen molar-refractivity contribution in [3.8, 4) is 0 Å². The molecule has 22 heavy (non-hydrogen) atoms. The first-order valence-electron chi connectivity index (χ1n) is 9.10. The molecule has 2 N–H and O–H groups in total. The van der Waals surface area contributed by atoms with Gasteiger partial charge in [-0.25, -0.2) is 0 Å². The van der Waals surface area contributed by atoms with Crippen LogP contribution in [-0.4, -0.2) is 41.6 Å². The standard InChI is InChI=1S/C18H36O3.Li.H/c19-17-15-13-11-9-7-5-3-1-2-4-6-8-10-12-14-16-18(20)21;;/h19H,1-17H2,(H,20,21);;. The molecular weight excluding hydrogens is 271 g/mol. The monoisotopic (exact) mass is 308 g/mol. The predicted octanol–water partition coefficient (Wildman–Crippen LogP) is 4.66. The molecule has 0 aromatic heterocycles. The molecule has 0 aliphatic carbocycles. The first kappa shape index (κ1) is 24.3. The predicted molar refractivity (Wildman–Crippen MR) is 95.7 cm³/mol. The maximum atomic E-state index is 10.3. The van der Waals surface area contributed by atoms with Gasteiger partial charge in [-0.2, -0.15) is 0 Å². The molecule has 0 heterocycles. The van der Waals surface area contributed by atoms with Gasteiger partial charge in [0.2, 0.25) is 0 Å². The molecule has 0 fully saturated rings. The normalized spacial score (nSPS) is 10.4. The number of hydrogen-bond donors (Lipinski definition) is 2. The zero-order valence-corrected chi connectivity index (χ0v) is 13.8. The van der Waals surface area contributed by atoms with Crippen molar-refractivity contribution in [1.29, 1.82) is 0 Å². The van der Waals surface area contributed by atoms with Crippen molar-refractivity contribution in [2.45, 2.75) is 103 Å². The first-order chi connectivity index (χ1) is 10.3. The fraction of sp³-hybridized carbons (Fsp3) is 0.944. The fourth-order valence-corrected chi connectivity index (χ4v) is 2.69. The SMILES string of the molecule is O=C(O)CCCCCCCCCCCCCCCCCO.[LiH]. The minimum atomic E-state index is -0.664. The van der Waals surface area contributed by atoms with E-state index in [1.807, 2.05) is 0 Å². The van der Waals surface area contributed by atoms with Crippen LogP contribution in [0.2, 0.25) is 0 Å². The van der Waals surface area contributed by atoms with E-state index in [0.29, 0.717) is 13.0 Å². The van der Waals surface area contributed by atoms with E-state index in [0.717, 1.165) is 19.3 Å². The van der Waals surface area contributed by atoms with Gasteiger partial charge in [-0.05, 0) is 12.8 Å². The Morgan fingerprint density at radius 2 is 0.818 bits per heavy atom. The second-order valence-electron chi connectivity index (χ2n) is 6.17. The minimum absolute atomic E-state index is 0. The summed E-state index contributed by atoms with van der Waals surface area (Å²) >= 11 is 0. The van der Waals surface area contributed by atoms with Crippen LogP contribution in [0.25, 0.3) is 0 Å². The Balaban J connectivity index is 0. The summed E-state index contributed by atoms with van der Waals surface area (Å²) in [4.78, 5) is 10.3. The van der Waals surface area contributed by atoms with Gasteiger partial charge in [0.15, 0.2) is 0 Å². The molecule has 0 radical (unpaired) electrons. The molecule has 0 rings (SSSR count). The van der Waals surface area contributed by atoms with Crippen LogP contribution in [0.5, 0.6) is 0 Å². The maximum absolute atomic E-state index is 10.3. The Morgan fingerprint density at radius 3 is 1.09 bits per heavy atom. The molecule has 0 amide bonds. The Labute approximate surface area is 149 Å². The van der Waals surface area contributed by atoms with Gasteiger partial charge < -0.3 is 10.2 Å². The van der Waals surface area contributed by atoms with E-state index in [1.54, 1.807) is 0 Å². The summed E-state index contributed by atoms with van der Waals surface area (Å²) in [6.07, 6.45) is 19.0.